The fraction of sp³-hybridized carbons (Fsp3) is 0.500. The molecule has 1 heterocycles. The third kappa shape index (κ3) is 3.59. The van der Waals surface area contributed by atoms with E-state index in [1.165, 1.54) is 19.5 Å². The van der Waals surface area contributed by atoms with E-state index < -0.39 is 0 Å². The van der Waals surface area contributed by atoms with Crippen LogP contribution in [0.1, 0.15) is 12.0 Å². The monoisotopic (exact) mass is 297 g/mol. The second-order valence-corrected chi connectivity index (χ2v) is 6.17. The van der Waals surface area contributed by atoms with Crippen molar-refractivity contribution in [3.8, 4) is 0 Å². The van der Waals surface area contributed by atoms with E-state index in [1.807, 2.05) is 18.2 Å². The van der Waals surface area contributed by atoms with Gasteiger partial charge in [0.1, 0.15) is 4.99 Å². The predicted octanol–water partition coefficient (Wildman–Crippen LogP) is 2.36. The lowest BCUT2D eigenvalue weighted by Gasteiger charge is -2.23. The van der Waals surface area contributed by atoms with Crippen LogP contribution in [0.25, 0.3) is 0 Å². The summed E-state index contributed by atoms with van der Waals surface area (Å²) in [5.74, 6) is 0.726. The summed E-state index contributed by atoms with van der Waals surface area (Å²) >= 11 is 11.2. The third-order valence-electron chi connectivity index (χ3n) is 3.68. The standard InChI is InChI=1S/C14H20ClN3S/c1-17-6-5-10(8-17)9-18(2)11-3-4-12(14(16)19)13(15)7-11/h3-4,7,10H,5-6,8-9H2,1-2H3,(H2,16,19). The van der Waals surface area contributed by atoms with Crippen molar-refractivity contribution in [2.75, 3.05) is 38.6 Å². The van der Waals surface area contributed by atoms with Gasteiger partial charge in [-0.3, -0.25) is 0 Å². The van der Waals surface area contributed by atoms with Crippen LogP contribution in [-0.4, -0.2) is 43.6 Å². The summed E-state index contributed by atoms with van der Waals surface area (Å²) in [5.41, 5.74) is 7.47. The number of hydrogen-bond acceptors (Lipinski definition) is 3. The van der Waals surface area contributed by atoms with Gasteiger partial charge >= 0.3 is 0 Å². The van der Waals surface area contributed by atoms with E-state index in [4.69, 9.17) is 29.6 Å². The van der Waals surface area contributed by atoms with E-state index in [1.54, 1.807) is 0 Å². The Morgan fingerprint density at radius 2 is 2.32 bits per heavy atom. The van der Waals surface area contributed by atoms with Crippen molar-refractivity contribution in [2.45, 2.75) is 6.42 Å². The molecule has 1 aromatic rings. The third-order valence-corrected chi connectivity index (χ3v) is 4.21. The number of nitrogens with two attached hydrogens (primary N) is 1. The summed E-state index contributed by atoms with van der Waals surface area (Å²) in [5, 5.41) is 0.625. The van der Waals surface area contributed by atoms with Crippen LogP contribution in [-0.2, 0) is 0 Å². The second kappa shape index (κ2) is 6.07. The summed E-state index contributed by atoms with van der Waals surface area (Å²) in [6.07, 6.45) is 1.26. The lowest BCUT2D eigenvalue weighted by atomic mass is 10.1. The highest BCUT2D eigenvalue weighted by Crippen LogP contribution is 2.25. The molecule has 0 bridgehead atoms. The normalized spacial score (nSPS) is 19.6. The molecule has 1 aliphatic heterocycles. The zero-order valence-corrected chi connectivity index (χ0v) is 13.0. The predicted molar refractivity (Wildman–Crippen MR) is 86.2 cm³/mol. The SMILES string of the molecule is CN1CCC(CN(C)c2ccc(C(N)=S)c(Cl)c2)C1. The molecule has 1 atom stereocenters. The molecular weight excluding hydrogens is 278 g/mol. The molecular formula is C14H20ClN3S. The topological polar surface area (TPSA) is 32.5 Å². The van der Waals surface area contributed by atoms with E-state index >= 15 is 0 Å². The molecule has 1 fully saturated rings. The maximum Gasteiger partial charge on any atom is 0.105 e. The van der Waals surface area contributed by atoms with Crippen LogP contribution < -0.4 is 10.6 Å². The van der Waals surface area contributed by atoms with Crippen molar-refractivity contribution in [2.24, 2.45) is 11.7 Å². The Morgan fingerprint density at radius 1 is 1.58 bits per heavy atom. The first-order chi connectivity index (χ1) is 8.97. The number of hydrogen-bond donors (Lipinski definition) is 1. The van der Waals surface area contributed by atoms with Gasteiger partial charge in [0, 0.05) is 31.4 Å². The number of halogens is 1. The van der Waals surface area contributed by atoms with Gasteiger partial charge in [0.25, 0.3) is 0 Å². The fourth-order valence-corrected chi connectivity index (χ4v) is 3.12. The summed E-state index contributed by atoms with van der Waals surface area (Å²) in [6.45, 7) is 3.41. The minimum Gasteiger partial charge on any atom is -0.389 e. The van der Waals surface area contributed by atoms with Gasteiger partial charge in [-0.15, -0.1) is 0 Å². The molecule has 0 aromatic heterocycles. The molecule has 0 aliphatic carbocycles. The lowest BCUT2D eigenvalue weighted by molar-refractivity contribution is 0.396. The largest absolute Gasteiger partial charge is 0.389 e. The van der Waals surface area contributed by atoms with Gasteiger partial charge in [-0.05, 0) is 44.1 Å². The quantitative estimate of drug-likeness (QED) is 0.865. The van der Waals surface area contributed by atoms with Crippen molar-refractivity contribution in [1.82, 2.24) is 4.90 Å². The van der Waals surface area contributed by atoms with Crippen LogP contribution in [0, 0.1) is 5.92 Å². The number of thiocarbonyl (C=S) groups is 1. The van der Waals surface area contributed by atoms with Crippen LogP contribution >= 0.6 is 23.8 Å². The Kier molecular flexibility index (Phi) is 4.66. The summed E-state index contributed by atoms with van der Waals surface area (Å²) < 4.78 is 0. The highest BCUT2D eigenvalue weighted by atomic mass is 35.5. The van der Waals surface area contributed by atoms with Gasteiger partial charge in [-0.2, -0.15) is 0 Å². The van der Waals surface area contributed by atoms with Crippen LogP contribution in [0.4, 0.5) is 5.69 Å². The average molecular weight is 298 g/mol. The molecule has 1 unspecified atom stereocenters. The zero-order valence-electron chi connectivity index (χ0n) is 11.4. The average Bonchev–Trinajstić information content (AvgIpc) is 2.74. The maximum atomic E-state index is 6.21. The zero-order chi connectivity index (χ0) is 14.0. The fourth-order valence-electron chi connectivity index (χ4n) is 2.61. The lowest BCUT2D eigenvalue weighted by Crippen LogP contribution is -2.27. The summed E-state index contributed by atoms with van der Waals surface area (Å²) in [4.78, 5) is 4.97. The van der Waals surface area contributed by atoms with Gasteiger partial charge in [-0.1, -0.05) is 23.8 Å². The molecule has 2 N–H and O–H groups in total. The van der Waals surface area contributed by atoms with E-state index in [-0.39, 0.29) is 0 Å². The first-order valence-corrected chi connectivity index (χ1v) is 7.25. The summed E-state index contributed by atoms with van der Waals surface area (Å²) in [7, 11) is 4.28. The van der Waals surface area contributed by atoms with E-state index in [0.29, 0.717) is 10.0 Å². The second-order valence-electron chi connectivity index (χ2n) is 5.33. The van der Waals surface area contributed by atoms with Crippen molar-refractivity contribution >= 4 is 34.5 Å². The minimum absolute atomic E-state index is 0.344. The molecule has 0 radical (unpaired) electrons. The number of benzene rings is 1. The molecule has 5 heteroatoms. The summed E-state index contributed by atoms with van der Waals surface area (Å²) in [6, 6.07) is 5.87. The van der Waals surface area contributed by atoms with Crippen molar-refractivity contribution in [3.05, 3.63) is 28.8 Å². The first kappa shape index (κ1) is 14.6. The molecule has 1 aromatic carbocycles. The Labute approximate surface area is 125 Å². The molecule has 0 saturated carbocycles. The first-order valence-electron chi connectivity index (χ1n) is 6.46. The molecule has 0 spiro atoms. The van der Waals surface area contributed by atoms with Crippen molar-refractivity contribution < 1.29 is 0 Å². The van der Waals surface area contributed by atoms with E-state index in [9.17, 15) is 0 Å². The Hall–Kier alpha value is -0.840. The Balaban J connectivity index is 2.05. The molecule has 0 amide bonds. The maximum absolute atomic E-state index is 6.21. The molecule has 1 saturated heterocycles. The van der Waals surface area contributed by atoms with E-state index in [0.717, 1.165) is 23.7 Å². The molecule has 1 aliphatic rings. The van der Waals surface area contributed by atoms with Gasteiger partial charge in [0.15, 0.2) is 0 Å². The van der Waals surface area contributed by atoms with E-state index in [2.05, 4.69) is 23.9 Å². The van der Waals surface area contributed by atoms with Gasteiger partial charge in [0.05, 0.1) is 5.02 Å². The molecule has 104 valence electrons. The number of rotatable bonds is 4. The van der Waals surface area contributed by atoms with Crippen LogP contribution in [0.2, 0.25) is 5.02 Å². The van der Waals surface area contributed by atoms with Gasteiger partial charge in [-0.25, -0.2) is 0 Å². The van der Waals surface area contributed by atoms with Crippen LogP contribution in [0.15, 0.2) is 18.2 Å². The highest BCUT2D eigenvalue weighted by molar-refractivity contribution is 7.80. The van der Waals surface area contributed by atoms with Crippen molar-refractivity contribution in [1.29, 1.82) is 0 Å². The number of anilines is 1. The Bertz CT molecular complexity index is 478. The Morgan fingerprint density at radius 3 is 2.84 bits per heavy atom. The molecule has 3 nitrogen and oxygen atoms in total. The molecule has 19 heavy (non-hydrogen) atoms. The van der Waals surface area contributed by atoms with Gasteiger partial charge < -0.3 is 15.5 Å². The smallest absolute Gasteiger partial charge is 0.105 e. The number of likely N-dealkylation sites (tertiary alicyclic amines) is 1. The van der Waals surface area contributed by atoms with Crippen LogP contribution in [0.3, 0.4) is 0 Å². The highest BCUT2D eigenvalue weighted by Gasteiger charge is 2.21. The minimum atomic E-state index is 0.344. The molecule has 2 rings (SSSR count). The van der Waals surface area contributed by atoms with Crippen molar-refractivity contribution in [3.63, 3.8) is 0 Å². The van der Waals surface area contributed by atoms with Crippen LogP contribution in [0.5, 0.6) is 0 Å². The van der Waals surface area contributed by atoms with Gasteiger partial charge in [0.2, 0.25) is 0 Å². The number of nitrogens with zero attached hydrogens (tertiary/aromatic N) is 2.